The molecule has 5 rings (SSSR count). The Kier molecular flexibility index (Phi) is 6.42. The van der Waals surface area contributed by atoms with Crippen molar-refractivity contribution in [3.63, 3.8) is 0 Å². The number of phosphoric acid groups is 1. The van der Waals surface area contributed by atoms with E-state index in [-0.39, 0.29) is 22.7 Å². The molecule has 0 saturated carbocycles. The van der Waals surface area contributed by atoms with Crippen LogP contribution in [-0.2, 0) is 29.4 Å². The standard InChI is InChI=1S/C22H19ClN2O8P2/c23-16-3-1-2-14(10-16)20-7-9-31-34(27,33-20)17-11-15-4-5-18-19(26)6-8-25(13-32-35(28,29)30)22(18)21(15)24-12-17/h1-6,8,10-12,20H,7,9,13H2,(H2,28,29,30). The van der Waals surface area contributed by atoms with E-state index in [9.17, 15) is 13.9 Å². The number of fused-ring (bicyclic) bond motifs is 3. The maximum atomic E-state index is 13.7. The van der Waals surface area contributed by atoms with Gasteiger partial charge in [0.15, 0.2) is 5.43 Å². The molecule has 4 aromatic rings. The quantitative estimate of drug-likeness (QED) is 0.283. The van der Waals surface area contributed by atoms with Crippen LogP contribution < -0.4 is 10.7 Å². The van der Waals surface area contributed by atoms with Crippen LogP contribution in [0.15, 0.2) is 65.7 Å². The Hall–Kier alpha value is -2.39. The minimum absolute atomic E-state index is 0.212. The fourth-order valence-electron chi connectivity index (χ4n) is 3.98. The van der Waals surface area contributed by atoms with Crippen LogP contribution in [0.4, 0.5) is 0 Å². The van der Waals surface area contributed by atoms with Gasteiger partial charge in [-0.3, -0.25) is 23.4 Å². The number of rotatable bonds is 5. The number of nitrogens with zero attached hydrogens (tertiary/aromatic N) is 2. The molecule has 0 aliphatic carbocycles. The molecule has 0 amide bonds. The van der Waals surface area contributed by atoms with Crippen LogP contribution in [0.1, 0.15) is 18.1 Å². The normalized spacial score (nSPS) is 20.9. The van der Waals surface area contributed by atoms with E-state index in [2.05, 4.69) is 9.51 Å². The monoisotopic (exact) mass is 536 g/mol. The summed E-state index contributed by atoms with van der Waals surface area (Å²) in [5.74, 6) is 0. The molecule has 182 valence electrons. The first kappa shape index (κ1) is 24.3. The van der Waals surface area contributed by atoms with Gasteiger partial charge in [-0.1, -0.05) is 29.8 Å². The van der Waals surface area contributed by atoms with Crippen LogP contribution >= 0.6 is 27.0 Å². The topological polar surface area (TPSA) is 137 Å². The molecule has 10 nitrogen and oxygen atoms in total. The molecular formula is C22H19ClN2O8P2. The average molecular weight is 537 g/mol. The molecule has 3 heterocycles. The van der Waals surface area contributed by atoms with Gasteiger partial charge in [0.1, 0.15) is 6.73 Å². The van der Waals surface area contributed by atoms with E-state index in [0.29, 0.717) is 27.9 Å². The summed E-state index contributed by atoms with van der Waals surface area (Å²) in [7, 11) is -8.47. The molecule has 0 spiro atoms. The minimum atomic E-state index is -4.75. The van der Waals surface area contributed by atoms with Crippen molar-refractivity contribution < 1.29 is 32.5 Å². The highest BCUT2D eigenvalue weighted by molar-refractivity contribution is 7.62. The number of aromatic nitrogens is 2. The summed E-state index contributed by atoms with van der Waals surface area (Å²) in [6.45, 7) is -0.293. The van der Waals surface area contributed by atoms with Crippen molar-refractivity contribution in [2.24, 2.45) is 0 Å². The zero-order valence-electron chi connectivity index (χ0n) is 18.0. The van der Waals surface area contributed by atoms with Gasteiger partial charge in [-0.15, -0.1) is 0 Å². The first-order valence-electron chi connectivity index (χ1n) is 10.4. The third-order valence-electron chi connectivity index (χ3n) is 5.58. The van der Waals surface area contributed by atoms with Crippen molar-refractivity contribution in [2.45, 2.75) is 19.3 Å². The lowest BCUT2D eigenvalue weighted by Gasteiger charge is -2.30. The van der Waals surface area contributed by atoms with Gasteiger partial charge in [0.25, 0.3) is 0 Å². The molecule has 2 aromatic carbocycles. The summed E-state index contributed by atoms with van der Waals surface area (Å²) in [5, 5.41) is 1.60. The van der Waals surface area contributed by atoms with E-state index in [1.54, 1.807) is 36.4 Å². The van der Waals surface area contributed by atoms with Crippen LogP contribution in [-0.4, -0.2) is 25.9 Å². The van der Waals surface area contributed by atoms with E-state index in [4.69, 9.17) is 30.4 Å². The van der Waals surface area contributed by atoms with Crippen molar-refractivity contribution >= 4 is 54.1 Å². The summed E-state index contributed by atoms with van der Waals surface area (Å²) in [5.41, 5.74) is 1.16. The molecule has 1 fully saturated rings. The summed E-state index contributed by atoms with van der Waals surface area (Å²) in [6.07, 6.45) is 2.74. The highest BCUT2D eigenvalue weighted by Crippen LogP contribution is 2.55. The lowest BCUT2D eigenvalue weighted by molar-refractivity contribution is 0.0875. The van der Waals surface area contributed by atoms with Crippen LogP contribution in [0.5, 0.6) is 0 Å². The first-order chi connectivity index (χ1) is 16.6. The second kappa shape index (κ2) is 9.24. The number of phosphoric ester groups is 1. The van der Waals surface area contributed by atoms with Crippen LogP contribution in [0.25, 0.3) is 21.8 Å². The summed E-state index contributed by atoms with van der Waals surface area (Å²) >= 11 is 6.09. The number of halogens is 1. The molecule has 1 aliphatic heterocycles. The van der Waals surface area contributed by atoms with Crippen LogP contribution in [0.2, 0.25) is 5.02 Å². The number of pyridine rings is 2. The fourth-order valence-corrected chi connectivity index (χ4v) is 6.19. The van der Waals surface area contributed by atoms with Gasteiger partial charge in [0.05, 0.1) is 29.0 Å². The van der Waals surface area contributed by atoms with Gasteiger partial charge in [-0.05, 0) is 29.8 Å². The largest absolute Gasteiger partial charge is 0.471 e. The van der Waals surface area contributed by atoms with Gasteiger partial charge in [0.2, 0.25) is 0 Å². The zero-order valence-corrected chi connectivity index (χ0v) is 20.5. The fraction of sp³-hybridized carbons (Fsp3) is 0.182. The molecule has 1 saturated heterocycles. The van der Waals surface area contributed by atoms with Crippen LogP contribution in [0, 0.1) is 0 Å². The third kappa shape index (κ3) is 4.98. The molecule has 2 N–H and O–H groups in total. The smallest absolute Gasteiger partial charge is 0.321 e. The van der Waals surface area contributed by atoms with Crippen molar-refractivity contribution in [3.05, 3.63) is 81.7 Å². The Morgan fingerprint density at radius 1 is 1.23 bits per heavy atom. The maximum absolute atomic E-state index is 13.7. The van der Waals surface area contributed by atoms with E-state index in [0.717, 1.165) is 5.56 Å². The molecule has 2 atom stereocenters. The lowest BCUT2D eigenvalue weighted by Crippen LogP contribution is -2.20. The Morgan fingerprint density at radius 3 is 2.83 bits per heavy atom. The van der Waals surface area contributed by atoms with Gasteiger partial charge in [-0.2, -0.15) is 0 Å². The Labute approximate surface area is 203 Å². The third-order valence-corrected chi connectivity index (χ3v) is 8.20. The maximum Gasteiger partial charge on any atom is 0.471 e. The number of hydrogen-bond donors (Lipinski definition) is 2. The molecule has 1 aliphatic rings. The molecule has 35 heavy (non-hydrogen) atoms. The number of hydrogen-bond acceptors (Lipinski definition) is 7. The highest BCUT2D eigenvalue weighted by Gasteiger charge is 2.37. The molecule has 2 unspecified atom stereocenters. The van der Waals surface area contributed by atoms with Gasteiger partial charge in [-0.25, -0.2) is 4.57 Å². The molecule has 0 bridgehead atoms. The SMILES string of the molecule is O=c1ccn(COP(=O)(O)O)c2c1ccc1cc(P3(=O)OCCC(c4cccc(Cl)c4)O3)cnc12. The van der Waals surface area contributed by atoms with Crippen molar-refractivity contribution in [1.29, 1.82) is 0 Å². The molecule has 2 aromatic heterocycles. The second-order valence-corrected chi connectivity index (χ2v) is 11.6. The predicted octanol–water partition coefficient (Wildman–Crippen LogP) is 4.27. The minimum Gasteiger partial charge on any atom is -0.321 e. The van der Waals surface area contributed by atoms with E-state index in [1.165, 1.54) is 23.0 Å². The Bertz CT molecular complexity index is 1600. The predicted molar refractivity (Wildman–Crippen MR) is 130 cm³/mol. The van der Waals surface area contributed by atoms with Gasteiger partial charge < -0.3 is 18.9 Å². The van der Waals surface area contributed by atoms with E-state index >= 15 is 0 Å². The zero-order chi connectivity index (χ0) is 24.8. The van der Waals surface area contributed by atoms with Crippen LogP contribution in [0.3, 0.4) is 0 Å². The first-order valence-corrected chi connectivity index (χ1v) is 13.9. The van der Waals surface area contributed by atoms with Gasteiger partial charge >= 0.3 is 15.4 Å². The molecule has 13 heteroatoms. The summed E-state index contributed by atoms with van der Waals surface area (Å²) in [6, 6.07) is 13.2. The van der Waals surface area contributed by atoms with Gasteiger partial charge in [0, 0.05) is 40.7 Å². The summed E-state index contributed by atoms with van der Waals surface area (Å²) in [4.78, 5) is 35.0. The summed E-state index contributed by atoms with van der Waals surface area (Å²) < 4.78 is 42.4. The van der Waals surface area contributed by atoms with Crippen molar-refractivity contribution in [1.82, 2.24) is 9.55 Å². The molecule has 0 radical (unpaired) electrons. The number of benzene rings is 2. The van der Waals surface area contributed by atoms with Crippen molar-refractivity contribution in [2.75, 3.05) is 6.61 Å². The lowest BCUT2D eigenvalue weighted by atomic mass is 10.1. The van der Waals surface area contributed by atoms with Crippen molar-refractivity contribution in [3.8, 4) is 0 Å². The second-order valence-electron chi connectivity index (χ2n) is 7.89. The Balaban J connectivity index is 1.56. The highest BCUT2D eigenvalue weighted by atomic mass is 35.5. The molecular weight excluding hydrogens is 518 g/mol. The Morgan fingerprint density at radius 2 is 2.06 bits per heavy atom. The van der Waals surface area contributed by atoms with E-state index < -0.39 is 28.3 Å². The van der Waals surface area contributed by atoms with E-state index in [1.807, 2.05) is 6.07 Å². The average Bonchev–Trinajstić information content (AvgIpc) is 2.82.